The Morgan fingerprint density at radius 2 is 2.09 bits per heavy atom. The number of nitrogens with one attached hydrogen (secondary N) is 3. The van der Waals surface area contributed by atoms with Gasteiger partial charge in [0.25, 0.3) is 0 Å². The summed E-state index contributed by atoms with van der Waals surface area (Å²) in [4.78, 5) is 10.3. The number of amides is 2. The number of rotatable bonds is 1. The average molecular weight is 162 g/mol. The van der Waals surface area contributed by atoms with Crippen LogP contribution in [0.4, 0.5) is 4.79 Å². The zero-order chi connectivity index (χ0) is 8.43. The highest BCUT2D eigenvalue weighted by Gasteiger charge is 2.30. The molecule has 1 aliphatic rings. The number of carbonyl (C=O) groups is 1. The molecule has 0 radical (unpaired) electrons. The molecule has 0 saturated carbocycles. The predicted molar refractivity (Wildman–Crippen MR) is 34.8 cm³/mol. The highest BCUT2D eigenvalue weighted by Crippen LogP contribution is 1.95. The number of urea groups is 1. The van der Waals surface area contributed by atoms with Crippen LogP contribution in [-0.4, -0.2) is 35.0 Å². The molecule has 64 valence electrons. The highest BCUT2D eigenvalue weighted by atomic mass is 16.3. The lowest BCUT2D eigenvalue weighted by Crippen LogP contribution is -2.50. The first-order chi connectivity index (χ1) is 5.09. The summed E-state index contributed by atoms with van der Waals surface area (Å²) < 4.78 is 0. The topological polar surface area (TPSA) is 120 Å². The van der Waals surface area contributed by atoms with Gasteiger partial charge in [-0.3, -0.25) is 10.6 Å². The Morgan fingerprint density at radius 1 is 1.45 bits per heavy atom. The summed E-state index contributed by atoms with van der Waals surface area (Å²) in [5.74, 6) is 0. The predicted octanol–water partition coefficient (Wildman–Crippen LogP) is -3.23. The largest absolute Gasteiger partial charge is 0.375 e. The van der Waals surface area contributed by atoms with E-state index < -0.39 is 24.8 Å². The molecule has 2 amide bonds. The Morgan fingerprint density at radius 3 is 2.45 bits per heavy atom. The zero-order valence-corrected chi connectivity index (χ0v) is 5.61. The van der Waals surface area contributed by atoms with Crippen molar-refractivity contribution in [3.63, 3.8) is 0 Å². The van der Waals surface area contributed by atoms with Gasteiger partial charge in [0.1, 0.15) is 12.4 Å². The van der Waals surface area contributed by atoms with E-state index in [0.29, 0.717) is 0 Å². The molecule has 0 aliphatic carbocycles. The lowest BCUT2D eigenvalue weighted by Gasteiger charge is -2.13. The lowest BCUT2D eigenvalue weighted by atomic mass is 10.5. The number of aliphatic hydroxyl groups excluding tert-OH is 2. The highest BCUT2D eigenvalue weighted by molar-refractivity contribution is 5.72. The van der Waals surface area contributed by atoms with Crippen molar-refractivity contribution in [2.45, 2.75) is 18.7 Å². The number of hydrogen-bond acceptors (Lipinski definition) is 5. The molecule has 0 bridgehead atoms. The molecular formula is C4H10N4O3. The van der Waals surface area contributed by atoms with E-state index in [2.05, 4.69) is 16.0 Å². The average Bonchev–Trinajstić information content (AvgIpc) is 2.09. The quantitative estimate of drug-likeness (QED) is 0.242. The number of carbonyl (C=O) groups excluding carboxylic acids is 1. The van der Waals surface area contributed by atoms with Gasteiger partial charge in [-0.25, -0.2) is 4.79 Å². The second-order valence-electron chi connectivity index (χ2n) is 2.17. The molecule has 3 atom stereocenters. The molecule has 0 aromatic carbocycles. The first-order valence-electron chi connectivity index (χ1n) is 3.04. The van der Waals surface area contributed by atoms with E-state index in [1.54, 1.807) is 0 Å². The van der Waals surface area contributed by atoms with Gasteiger partial charge in [-0.05, 0) is 0 Å². The molecule has 1 heterocycles. The first-order valence-corrected chi connectivity index (χ1v) is 3.04. The number of primary amides is 1. The fourth-order valence-electron chi connectivity index (χ4n) is 0.841. The van der Waals surface area contributed by atoms with Gasteiger partial charge in [0.15, 0.2) is 6.35 Å². The molecule has 3 unspecified atom stereocenters. The molecule has 0 spiro atoms. The van der Waals surface area contributed by atoms with Crippen LogP contribution in [0.5, 0.6) is 0 Å². The summed E-state index contributed by atoms with van der Waals surface area (Å²) in [6.07, 6.45) is -2.80. The van der Waals surface area contributed by atoms with Crippen molar-refractivity contribution in [3.05, 3.63) is 0 Å². The van der Waals surface area contributed by atoms with Crippen molar-refractivity contribution >= 4 is 6.03 Å². The van der Waals surface area contributed by atoms with Crippen LogP contribution in [0.2, 0.25) is 0 Å². The van der Waals surface area contributed by atoms with Crippen molar-refractivity contribution in [2.24, 2.45) is 5.73 Å². The molecule has 7 heteroatoms. The molecule has 7 N–H and O–H groups in total. The van der Waals surface area contributed by atoms with Crippen LogP contribution < -0.4 is 21.7 Å². The third-order valence-electron chi connectivity index (χ3n) is 1.28. The van der Waals surface area contributed by atoms with Crippen LogP contribution in [0.3, 0.4) is 0 Å². The van der Waals surface area contributed by atoms with Gasteiger partial charge in [-0.2, -0.15) is 0 Å². The van der Waals surface area contributed by atoms with E-state index in [4.69, 9.17) is 15.9 Å². The van der Waals surface area contributed by atoms with Crippen LogP contribution in [0.15, 0.2) is 0 Å². The maximum absolute atomic E-state index is 10.3. The summed E-state index contributed by atoms with van der Waals surface area (Å²) in [5, 5.41) is 24.7. The number of aliphatic hydroxyl groups is 2. The normalized spacial score (nSPS) is 37.1. The summed E-state index contributed by atoms with van der Waals surface area (Å²) in [5.41, 5.74) is 4.77. The number of nitrogens with two attached hydrogens (primary N) is 1. The molecule has 0 aromatic heterocycles. The van der Waals surface area contributed by atoms with E-state index in [-0.39, 0.29) is 0 Å². The monoisotopic (exact) mass is 162 g/mol. The van der Waals surface area contributed by atoms with Crippen molar-refractivity contribution < 1.29 is 15.0 Å². The maximum Gasteiger partial charge on any atom is 0.313 e. The van der Waals surface area contributed by atoms with E-state index >= 15 is 0 Å². The van der Waals surface area contributed by atoms with Crippen LogP contribution in [0, 0.1) is 0 Å². The fourth-order valence-corrected chi connectivity index (χ4v) is 0.841. The Balaban J connectivity index is 2.40. The van der Waals surface area contributed by atoms with Gasteiger partial charge in [-0.15, -0.1) is 0 Å². The minimum Gasteiger partial charge on any atom is -0.375 e. The first kappa shape index (κ1) is 8.21. The van der Waals surface area contributed by atoms with E-state index in [9.17, 15) is 4.79 Å². The van der Waals surface area contributed by atoms with E-state index in [0.717, 1.165) is 0 Å². The minimum atomic E-state index is -1.03. The summed E-state index contributed by atoms with van der Waals surface area (Å²) in [6, 6.07) is -0.766. The summed E-state index contributed by atoms with van der Waals surface area (Å²) >= 11 is 0. The summed E-state index contributed by atoms with van der Waals surface area (Å²) in [6.45, 7) is 0. The molecule has 11 heavy (non-hydrogen) atoms. The third-order valence-corrected chi connectivity index (χ3v) is 1.28. The van der Waals surface area contributed by atoms with Gasteiger partial charge in [0.2, 0.25) is 0 Å². The maximum atomic E-state index is 10.3. The van der Waals surface area contributed by atoms with Crippen molar-refractivity contribution in [3.8, 4) is 0 Å². The second kappa shape index (κ2) is 3.01. The Kier molecular flexibility index (Phi) is 2.25. The standard InChI is InChI=1S/C4H10N4O3/c5-3(10)6-1-2(9)8-4(11)7-1/h1-2,4,7-9,11H,(H3,5,6,10). The van der Waals surface area contributed by atoms with Crippen LogP contribution in [0.1, 0.15) is 0 Å². The molecule has 0 aromatic rings. The van der Waals surface area contributed by atoms with Gasteiger partial charge in [0, 0.05) is 0 Å². The molecular weight excluding hydrogens is 152 g/mol. The van der Waals surface area contributed by atoms with Gasteiger partial charge < -0.3 is 21.3 Å². The zero-order valence-electron chi connectivity index (χ0n) is 5.61. The molecule has 1 aliphatic heterocycles. The molecule has 1 rings (SSSR count). The van der Waals surface area contributed by atoms with Gasteiger partial charge in [0.05, 0.1) is 0 Å². The smallest absolute Gasteiger partial charge is 0.313 e. The summed E-state index contributed by atoms with van der Waals surface area (Å²) in [7, 11) is 0. The van der Waals surface area contributed by atoms with Crippen molar-refractivity contribution in [1.29, 1.82) is 0 Å². The van der Waals surface area contributed by atoms with Crippen molar-refractivity contribution in [1.82, 2.24) is 16.0 Å². The van der Waals surface area contributed by atoms with Crippen LogP contribution in [-0.2, 0) is 0 Å². The van der Waals surface area contributed by atoms with Crippen molar-refractivity contribution in [2.75, 3.05) is 0 Å². The second-order valence-corrected chi connectivity index (χ2v) is 2.17. The van der Waals surface area contributed by atoms with Crippen LogP contribution >= 0.6 is 0 Å². The third kappa shape index (κ3) is 2.02. The SMILES string of the molecule is NC(=O)NC1NC(O)NC1O. The Bertz CT molecular complexity index is 163. The van der Waals surface area contributed by atoms with E-state index in [1.807, 2.05) is 0 Å². The Labute approximate surface area is 62.6 Å². The van der Waals surface area contributed by atoms with Gasteiger partial charge in [-0.1, -0.05) is 0 Å². The molecule has 7 nitrogen and oxygen atoms in total. The fraction of sp³-hybridized carbons (Fsp3) is 0.750. The van der Waals surface area contributed by atoms with Crippen LogP contribution in [0.25, 0.3) is 0 Å². The molecule has 1 saturated heterocycles. The number of hydrogen-bond donors (Lipinski definition) is 6. The lowest BCUT2D eigenvalue weighted by molar-refractivity contribution is 0.0889. The Hall–Kier alpha value is -0.890. The van der Waals surface area contributed by atoms with Gasteiger partial charge >= 0.3 is 6.03 Å². The van der Waals surface area contributed by atoms with E-state index in [1.165, 1.54) is 0 Å². The minimum absolute atomic E-state index is 0.748. The molecule has 1 fully saturated rings.